The third kappa shape index (κ3) is 6.57. The van der Waals surface area contributed by atoms with E-state index in [1.54, 1.807) is 30.3 Å². The number of nitrogens with one attached hydrogen (secondary N) is 2. The van der Waals surface area contributed by atoms with E-state index in [4.69, 9.17) is 22.6 Å². The van der Waals surface area contributed by atoms with E-state index >= 15 is 0 Å². The molecule has 0 fully saturated rings. The van der Waals surface area contributed by atoms with Crippen molar-refractivity contribution in [2.75, 3.05) is 18.1 Å². The molecule has 4 aromatic carbocycles. The first-order valence-corrected chi connectivity index (χ1v) is 12.5. The average molecular weight is 508 g/mol. The first-order chi connectivity index (χ1) is 18.3. The molecular weight excluding hydrogens is 474 g/mol. The smallest absolute Gasteiger partial charge is 0.251 e. The Morgan fingerprint density at radius 1 is 0.816 bits per heavy atom. The molecule has 4 rings (SSSR count). The van der Waals surface area contributed by atoms with E-state index < -0.39 is 0 Å². The Labute approximate surface area is 222 Å². The number of aliphatic hydroxyl groups excluding tert-OH is 1. The van der Waals surface area contributed by atoms with Gasteiger partial charge < -0.3 is 27.6 Å². The quantitative estimate of drug-likeness (QED) is 0.109. The minimum absolute atomic E-state index is 0.00860. The van der Waals surface area contributed by atoms with Crippen LogP contribution in [0.25, 0.3) is 11.1 Å². The largest absolute Gasteiger partial charge is 0.399 e. The Morgan fingerprint density at radius 2 is 1.53 bits per heavy atom. The summed E-state index contributed by atoms with van der Waals surface area (Å²) in [5, 5.41) is 21.3. The fourth-order valence-corrected chi connectivity index (χ4v) is 4.60. The highest BCUT2D eigenvalue weighted by Crippen LogP contribution is 2.28. The molecule has 0 aliphatic carbocycles. The Kier molecular flexibility index (Phi) is 8.40. The van der Waals surface area contributed by atoms with Gasteiger partial charge in [-0.1, -0.05) is 66.7 Å². The summed E-state index contributed by atoms with van der Waals surface area (Å²) in [6.45, 7) is -0.114. The van der Waals surface area contributed by atoms with E-state index in [0.717, 1.165) is 22.3 Å². The molecular formula is C31H33N5O2. The van der Waals surface area contributed by atoms with E-state index in [2.05, 4.69) is 5.32 Å². The number of carbonyl (C=O) groups excluding carboxylic acids is 1. The molecule has 0 aliphatic rings. The minimum atomic E-state index is -0.330. The molecule has 0 spiro atoms. The Balaban J connectivity index is 1.56. The van der Waals surface area contributed by atoms with Crippen LogP contribution in [-0.4, -0.2) is 29.5 Å². The minimum Gasteiger partial charge on any atom is -0.399 e. The van der Waals surface area contributed by atoms with Crippen LogP contribution in [0.15, 0.2) is 97.1 Å². The number of nitrogen functional groups attached to an aromatic ring is 3. The van der Waals surface area contributed by atoms with Gasteiger partial charge in [-0.3, -0.25) is 10.2 Å². The molecule has 7 nitrogen and oxygen atoms in total. The van der Waals surface area contributed by atoms with Crippen molar-refractivity contribution in [1.29, 1.82) is 5.41 Å². The van der Waals surface area contributed by atoms with Crippen LogP contribution in [0.4, 0.5) is 11.4 Å². The fourth-order valence-electron chi connectivity index (χ4n) is 4.60. The van der Waals surface area contributed by atoms with Gasteiger partial charge >= 0.3 is 0 Å². The molecule has 38 heavy (non-hydrogen) atoms. The first-order valence-electron chi connectivity index (χ1n) is 12.5. The van der Waals surface area contributed by atoms with E-state index in [0.29, 0.717) is 35.3 Å². The second-order valence-electron chi connectivity index (χ2n) is 9.45. The molecule has 2 atom stereocenters. The van der Waals surface area contributed by atoms with Crippen LogP contribution in [0.3, 0.4) is 0 Å². The summed E-state index contributed by atoms with van der Waals surface area (Å²) in [6, 6.07) is 29.6. The molecule has 2 unspecified atom stereocenters. The van der Waals surface area contributed by atoms with Gasteiger partial charge in [-0.2, -0.15) is 0 Å². The van der Waals surface area contributed by atoms with E-state index in [9.17, 15) is 9.90 Å². The van der Waals surface area contributed by atoms with Gasteiger partial charge in [-0.05, 0) is 59.9 Å². The maximum atomic E-state index is 13.3. The van der Waals surface area contributed by atoms with Crippen LogP contribution in [0.1, 0.15) is 27.0 Å². The second kappa shape index (κ2) is 12.1. The van der Waals surface area contributed by atoms with E-state index in [1.807, 2.05) is 66.7 Å². The standard InChI is InChI=1S/C31H33N5O2/c32-26-13-14-27(28(33)18-26)22-9-11-23(12-10-22)31(38)36-29(17-20-5-2-1-3-6-20)25(19-37)16-21-7-4-8-24(15-21)30(34)35/h1-15,18,25,29,37H,16-17,19,32-33H2,(H3,34,35)(H,36,38). The van der Waals surface area contributed by atoms with Crippen molar-refractivity contribution < 1.29 is 9.90 Å². The van der Waals surface area contributed by atoms with Gasteiger partial charge in [0, 0.05) is 46.6 Å². The lowest BCUT2D eigenvalue weighted by atomic mass is 9.88. The predicted octanol–water partition coefficient (Wildman–Crippen LogP) is 3.99. The topological polar surface area (TPSA) is 151 Å². The third-order valence-corrected chi connectivity index (χ3v) is 6.69. The Bertz CT molecular complexity index is 1400. The number of amidine groups is 1. The molecule has 0 heterocycles. The SMILES string of the molecule is N=C(N)c1cccc(CC(CO)C(Cc2ccccc2)NC(=O)c2ccc(-c3ccc(N)cc3N)cc2)c1. The zero-order valence-electron chi connectivity index (χ0n) is 21.1. The van der Waals surface area contributed by atoms with E-state index in [-0.39, 0.29) is 30.3 Å². The van der Waals surface area contributed by atoms with Gasteiger partial charge in [0.1, 0.15) is 5.84 Å². The monoisotopic (exact) mass is 507 g/mol. The van der Waals surface area contributed by atoms with Crippen LogP contribution >= 0.6 is 0 Å². The maximum Gasteiger partial charge on any atom is 0.251 e. The molecule has 0 aromatic heterocycles. The van der Waals surface area contributed by atoms with Gasteiger partial charge in [-0.15, -0.1) is 0 Å². The number of anilines is 2. The number of aliphatic hydroxyl groups is 1. The van der Waals surface area contributed by atoms with Gasteiger partial charge in [0.25, 0.3) is 5.91 Å². The summed E-state index contributed by atoms with van der Waals surface area (Å²) >= 11 is 0. The lowest BCUT2D eigenvalue weighted by Gasteiger charge is -2.27. The number of carbonyl (C=O) groups is 1. The molecule has 7 heteroatoms. The lowest BCUT2D eigenvalue weighted by Crippen LogP contribution is -2.44. The molecule has 194 valence electrons. The van der Waals surface area contributed by atoms with Crippen LogP contribution in [0, 0.1) is 11.3 Å². The van der Waals surface area contributed by atoms with Crippen LogP contribution in [0.2, 0.25) is 0 Å². The van der Waals surface area contributed by atoms with Gasteiger partial charge in [0.2, 0.25) is 0 Å². The molecule has 0 saturated carbocycles. The highest BCUT2D eigenvalue weighted by Gasteiger charge is 2.24. The second-order valence-corrected chi connectivity index (χ2v) is 9.45. The van der Waals surface area contributed by atoms with E-state index in [1.165, 1.54) is 0 Å². The maximum absolute atomic E-state index is 13.3. The van der Waals surface area contributed by atoms with Crippen LogP contribution in [0.5, 0.6) is 0 Å². The molecule has 0 aliphatic heterocycles. The molecule has 4 aromatic rings. The first kappa shape index (κ1) is 26.4. The highest BCUT2D eigenvalue weighted by molar-refractivity contribution is 5.95. The number of hydrogen-bond donors (Lipinski definition) is 6. The normalized spacial score (nSPS) is 12.4. The number of nitrogens with two attached hydrogens (primary N) is 3. The van der Waals surface area contributed by atoms with Gasteiger partial charge in [0.05, 0.1) is 0 Å². The number of rotatable bonds is 10. The number of hydrogen-bond acceptors (Lipinski definition) is 5. The van der Waals surface area contributed by atoms with Crippen molar-refractivity contribution in [3.63, 3.8) is 0 Å². The average Bonchev–Trinajstić information content (AvgIpc) is 2.92. The van der Waals surface area contributed by atoms with Crippen LogP contribution in [-0.2, 0) is 12.8 Å². The van der Waals surface area contributed by atoms with Gasteiger partial charge in [0.15, 0.2) is 0 Å². The van der Waals surface area contributed by atoms with Crippen molar-refractivity contribution in [2.45, 2.75) is 18.9 Å². The zero-order valence-corrected chi connectivity index (χ0v) is 21.1. The Morgan fingerprint density at radius 3 is 2.18 bits per heavy atom. The fraction of sp³-hybridized carbons (Fsp3) is 0.161. The number of benzene rings is 4. The third-order valence-electron chi connectivity index (χ3n) is 6.69. The summed E-state index contributed by atoms with van der Waals surface area (Å²) in [6.07, 6.45) is 1.08. The van der Waals surface area contributed by atoms with Crippen molar-refractivity contribution in [2.24, 2.45) is 11.7 Å². The lowest BCUT2D eigenvalue weighted by molar-refractivity contribution is 0.0903. The number of amides is 1. The van der Waals surface area contributed by atoms with Crippen molar-refractivity contribution in [3.8, 4) is 11.1 Å². The summed E-state index contributed by atoms with van der Waals surface area (Å²) in [7, 11) is 0. The van der Waals surface area contributed by atoms with Crippen molar-refractivity contribution in [1.82, 2.24) is 5.32 Å². The molecule has 0 radical (unpaired) electrons. The molecule has 1 amide bonds. The molecule has 9 N–H and O–H groups in total. The summed E-state index contributed by atoms with van der Waals surface area (Å²) in [5.74, 6) is -0.486. The zero-order chi connectivity index (χ0) is 27.1. The van der Waals surface area contributed by atoms with Gasteiger partial charge in [-0.25, -0.2) is 0 Å². The summed E-state index contributed by atoms with van der Waals surface area (Å²) < 4.78 is 0. The van der Waals surface area contributed by atoms with Crippen molar-refractivity contribution >= 4 is 23.1 Å². The van der Waals surface area contributed by atoms with Crippen molar-refractivity contribution in [3.05, 3.63) is 119 Å². The summed E-state index contributed by atoms with van der Waals surface area (Å²) in [4.78, 5) is 13.3. The van der Waals surface area contributed by atoms with Crippen LogP contribution < -0.4 is 22.5 Å². The Hall–Kier alpha value is -4.62. The predicted molar refractivity (Wildman–Crippen MR) is 154 cm³/mol. The summed E-state index contributed by atoms with van der Waals surface area (Å²) in [5.41, 5.74) is 23.6. The molecule has 0 saturated heterocycles. The highest BCUT2D eigenvalue weighted by atomic mass is 16.3. The molecule has 0 bridgehead atoms.